The van der Waals surface area contributed by atoms with Crippen LogP contribution in [-0.4, -0.2) is 20.9 Å². The zero-order valence-electron chi connectivity index (χ0n) is 11.4. The number of benzene rings is 1. The van der Waals surface area contributed by atoms with Crippen molar-refractivity contribution >= 4 is 5.97 Å². The summed E-state index contributed by atoms with van der Waals surface area (Å²) >= 11 is 0. The number of aryl methyl sites for hydroxylation is 1. The van der Waals surface area contributed by atoms with Crippen LogP contribution in [0.25, 0.3) is 5.69 Å². The van der Waals surface area contributed by atoms with Crippen LogP contribution < -0.4 is 0 Å². The van der Waals surface area contributed by atoms with Crippen LogP contribution in [-0.2, 0) is 17.4 Å². The Labute approximate surface area is 118 Å². The van der Waals surface area contributed by atoms with E-state index in [2.05, 4.69) is 5.10 Å². The topological polar surface area (TPSA) is 55.1 Å². The van der Waals surface area contributed by atoms with Gasteiger partial charge < -0.3 is 5.11 Å². The number of alkyl halides is 3. The van der Waals surface area contributed by atoms with Crippen molar-refractivity contribution in [1.82, 2.24) is 9.78 Å². The van der Waals surface area contributed by atoms with Gasteiger partial charge in [0.05, 0.1) is 23.4 Å². The molecule has 0 atom stereocenters. The first-order chi connectivity index (χ1) is 9.71. The lowest BCUT2D eigenvalue weighted by molar-refractivity contribution is -0.138. The van der Waals surface area contributed by atoms with E-state index < -0.39 is 17.7 Å². The van der Waals surface area contributed by atoms with Crippen LogP contribution in [0.1, 0.15) is 22.5 Å². The normalized spacial score (nSPS) is 11.7. The third-order valence-electron chi connectivity index (χ3n) is 3.21. The molecular formula is C14H13F3N2O2. The van der Waals surface area contributed by atoms with Gasteiger partial charge in [0.1, 0.15) is 0 Å². The molecule has 112 valence electrons. The Balaban J connectivity index is 2.62. The van der Waals surface area contributed by atoms with Crippen molar-refractivity contribution in [3.63, 3.8) is 0 Å². The standard InChI is InChI=1S/C14H13F3N2O2/c1-8-10(7-13(20)21)9(2)19(18-8)12-6-4-3-5-11(12)14(15,16)17/h3-6H,7H2,1-2H3,(H,20,21). The summed E-state index contributed by atoms with van der Waals surface area (Å²) in [7, 11) is 0. The van der Waals surface area contributed by atoms with E-state index in [1.54, 1.807) is 13.8 Å². The van der Waals surface area contributed by atoms with Crippen LogP contribution in [0, 0.1) is 13.8 Å². The molecule has 1 aromatic carbocycles. The first-order valence-corrected chi connectivity index (χ1v) is 6.15. The summed E-state index contributed by atoms with van der Waals surface area (Å²) in [6.45, 7) is 3.14. The molecule has 0 saturated carbocycles. The fourth-order valence-corrected chi connectivity index (χ4v) is 2.21. The highest BCUT2D eigenvalue weighted by atomic mass is 19.4. The van der Waals surface area contributed by atoms with Gasteiger partial charge in [0.15, 0.2) is 0 Å². The van der Waals surface area contributed by atoms with Crippen molar-refractivity contribution in [2.45, 2.75) is 26.4 Å². The van der Waals surface area contributed by atoms with Crippen molar-refractivity contribution in [2.24, 2.45) is 0 Å². The maximum atomic E-state index is 13.0. The number of halogens is 3. The van der Waals surface area contributed by atoms with Crippen LogP contribution in [0.5, 0.6) is 0 Å². The van der Waals surface area contributed by atoms with E-state index in [-0.39, 0.29) is 12.1 Å². The number of hydrogen-bond donors (Lipinski definition) is 1. The van der Waals surface area contributed by atoms with Gasteiger partial charge in [-0.2, -0.15) is 18.3 Å². The number of nitrogens with zero attached hydrogens (tertiary/aromatic N) is 2. The molecule has 0 aliphatic carbocycles. The van der Waals surface area contributed by atoms with E-state index in [0.29, 0.717) is 17.0 Å². The minimum Gasteiger partial charge on any atom is -0.481 e. The predicted molar refractivity (Wildman–Crippen MR) is 69.4 cm³/mol. The molecule has 0 fully saturated rings. The van der Waals surface area contributed by atoms with E-state index in [0.717, 1.165) is 10.7 Å². The van der Waals surface area contributed by atoms with Crippen molar-refractivity contribution in [2.75, 3.05) is 0 Å². The molecule has 2 rings (SSSR count). The second-order valence-electron chi connectivity index (χ2n) is 4.65. The molecule has 0 saturated heterocycles. The Morgan fingerprint density at radius 1 is 1.29 bits per heavy atom. The van der Waals surface area contributed by atoms with Crippen molar-refractivity contribution in [3.05, 3.63) is 46.8 Å². The first kappa shape index (κ1) is 15.1. The van der Waals surface area contributed by atoms with Gasteiger partial charge in [0.25, 0.3) is 0 Å². The molecule has 21 heavy (non-hydrogen) atoms. The molecule has 4 nitrogen and oxygen atoms in total. The molecule has 0 spiro atoms. The maximum Gasteiger partial charge on any atom is 0.418 e. The van der Waals surface area contributed by atoms with Crippen molar-refractivity contribution in [3.8, 4) is 5.69 Å². The van der Waals surface area contributed by atoms with Crippen LogP contribution in [0.4, 0.5) is 13.2 Å². The lowest BCUT2D eigenvalue weighted by Crippen LogP contribution is -2.12. The van der Waals surface area contributed by atoms with Gasteiger partial charge in [-0.3, -0.25) is 4.79 Å². The third kappa shape index (κ3) is 2.91. The average molecular weight is 298 g/mol. The van der Waals surface area contributed by atoms with Gasteiger partial charge in [-0.15, -0.1) is 0 Å². The summed E-state index contributed by atoms with van der Waals surface area (Å²) < 4.78 is 40.3. The minimum absolute atomic E-state index is 0.109. The van der Waals surface area contributed by atoms with Gasteiger partial charge in [0.2, 0.25) is 0 Å². The lowest BCUT2D eigenvalue weighted by Gasteiger charge is -2.13. The van der Waals surface area contributed by atoms with Crippen LogP contribution in [0.3, 0.4) is 0 Å². The molecule has 0 bridgehead atoms. The van der Waals surface area contributed by atoms with Gasteiger partial charge >= 0.3 is 12.1 Å². The summed E-state index contributed by atoms with van der Waals surface area (Å²) in [5.74, 6) is -1.05. The Hall–Kier alpha value is -2.31. The number of carboxylic acids is 1. The number of carboxylic acid groups (broad SMARTS) is 1. The van der Waals surface area contributed by atoms with Crippen LogP contribution in [0.15, 0.2) is 24.3 Å². The Morgan fingerprint density at radius 2 is 1.90 bits per heavy atom. The summed E-state index contributed by atoms with van der Waals surface area (Å²) in [6, 6.07) is 5.07. The monoisotopic (exact) mass is 298 g/mol. The molecule has 2 aromatic rings. The lowest BCUT2D eigenvalue weighted by atomic mass is 10.1. The van der Waals surface area contributed by atoms with Crippen LogP contribution in [0.2, 0.25) is 0 Å². The first-order valence-electron chi connectivity index (χ1n) is 6.15. The zero-order valence-corrected chi connectivity index (χ0v) is 11.4. The van der Waals surface area contributed by atoms with E-state index in [4.69, 9.17) is 5.11 Å². The molecular weight excluding hydrogens is 285 g/mol. The minimum atomic E-state index is -4.50. The van der Waals surface area contributed by atoms with Gasteiger partial charge in [-0.1, -0.05) is 12.1 Å². The van der Waals surface area contributed by atoms with E-state index in [9.17, 15) is 18.0 Å². The maximum absolute atomic E-state index is 13.0. The zero-order chi connectivity index (χ0) is 15.8. The summed E-state index contributed by atoms with van der Waals surface area (Å²) in [5, 5.41) is 12.9. The summed E-state index contributed by atoms with van der Waals surface area (Å²) in [6.07, 6.45) is -4.78. The predicted octanol–water partition coefficient (Wildman–Crippen LogP) is 3.14. The largest absolute Gasteiger partial charge is 0.481 e. The fraction of sp³-hybridized carbons (Fsp3) is 0.286. The third-order valence-corrected chi connectivity index (χ3v) is 3.21. The second-order valence-corrected chi connectivity index (χ2v) is 4.65. The van der Waals surface area contributed by atoms with Crippen LogP contribution >= 0.6 is 0 Å². The van der Waals surface area contributed by atoms with E-state index in [1.165, 1.54) is 18.2 Å². The molecule has 0 amide bonds. The highest BCUT2D eigenvalue weighted by molar-refractivity contribution is 5.71. The smallest absolute Gasteiger partial charge is 0.418 e. The highest BCUT2D eigenvalue weighted by Gasteiger charge is 2.34. The number of aromatic nitrogens is 2. The molecule has 1 heterocycles. The summed E-state index contributed by atoms with van der Waals surface area (Å²) in [4.78, 5) is 10.8. The van der Waals surface area contributed by atoms with E-state index >= 15 is 0 Å². The molecule has 1 aromatic heterocycles. The average Bonchev–Trinajstić information content (AvgIpc) is 2.65. The number of carbonyl (C=O) groups is 1. The quantitative estimate of drug-likeness (QED) is 0.947. The van der Waals surface area contributed by atoms with E-state index in [1.807, 2.05) is 0 Å². The number of aliphatic carboxylic acids is 1. The number of rotatable bonds is 3. The molecule has 0 aliphatic heterocycles. The number of hydrogen-bond acceptors (Lipinski definition) is 2. The van der Waals surface area contributed by atoms with Gasteiger partial charge in [-0.25, -0.2) is 4.68 Å². The van der Waals surface area contributed by atoms with Gasteiger partial charge in [0, 0.05) is 11.3 Å². The molecule has 0 aliphatic rings. The molecule has 0 unspecified atom stereocenters. The Bertz CT molecular complexity index is 690. The SMILES string of the molecule is Cc1nn(-c2ccccc2C(F)(F)F)c(C)c1CC(=O)O. The molecule has 7 heteroatoms. The number of para-hydroxylation sites is 1. The molecule has 1 N–H and O–H groups in total. The Morgan fingerprint density at radius 3 is 2.48 bits per heavy atom. The second kappa shape index (κ2) is 5.23. The Kier molecular flexibility index (Phi) is 3.76. The van der Waals surface area contributed by atoms with Gasteiger partial charge in [-0.05, 0) is 26.0 Å². The highest BCUT2D eigenvalue weighted by Crippen LogP contribution is 2.34. The fourth-order valence-electron chi connectivity index (χ4n) is 2.21. The van der Waals surface area contributed by atoms with Crippen molar-refractivity contribution < 1.29 is 23.1 Å². The molecule has 0 radical (unpaired) electrons. The summed E-state index contributed by atoms with van der Waals surface area (Å²) in [5.41, 5.74) is 0.317. The van der Waals surface area contributed by atoms with Crippen molar-refractivity contribution in [1.29, 1.82) is 0 Å².